The number of benzene rings is 1. The molecule has 1 atom stereocenters. The smallest absolute Gasteiger partial charge is 0.251 e. The van der Waals surface area contributed by atoms with Gasteiger partial charge in [0.15, 0.2) is 0 Å². The molecular formula is C18H21N5O3. The average molecular weight is 355 g/mol. The summed E-state index contributed by atoms with van der Waals surface area (Å²) in [5.41, 5.74) is 7.75. The van der Waals surface area contributed by atoms with Crippen molar-refractivity contribution in [3.05, 3.63) is 42.2 Å². The standard InChI is InChI=1S/C18H21N5O3/c1-12(24)23-6-7-26-15(10-23)9-20-18(25)14-4-2-13(3-5-14)16-8-17(19)22-11-21-16/h2-5,8,11,15H,6-7,9-10H2,1H3,(H,20,25)(H2,19,21,22)/t15-/m1/s1. The van der Waals surface area contributed by atoms with Crippen LogP contribution in [0.15, 0.2) is 36.7 Å². The normalized spacial score (nSPS) is 17.0. The first-order valence-electron chi connectivity index (χ1n) is 8.36. The number of nitrogens with one attached hydrogen (secondary N) is 1. The van der Waals surface area contributed by atoms with E-state index in [4.69, 9.17) is 10.5 Å². The van der Waals surface area contributed by atoms with E-state index in [-0.39, 0.29) is 17.9 Å². The highest BCUT2D eigenvalue weighted by Crippen LogP contribution is 2.18. The van der Waals surface area contributed by atoms with Gasteiger partial charge in [0.1, 0.15) is 12.1 Å². The highest BCUT2D eigenvalue weighted by atomic mass is 16.5. The van der Waals surface area contributed by atoms with Gasteiger partial charge < -0.3 is 20.7 Å². The summed E-state index contributed by atoms with van der Waals surface area (Å²) >= 11 is 0. The van der Waals surface area contributed by atoms with Crippen molar-refractivity contribution < 1.29 is 14.3 Å². The van der Waals surface area contributed by atoms with E-state index in [1.807, 2.05) is 12.1 Å². The van der Waals surface area contributed by atoms with E-state index in [2.05, 4.69) is 15.3 Å². The molecule has 0 radical (unpaired) electrons. The zero-order chi connectivity index (χ0) is 18.5. The van der Waals surface area contributed by atoms with Crippen molar-refractivity contribution in [3.63, 3.8) is 0 Å². The zero-order valence-corrected chi connectivity index (χ0v) is 14.5. The number of nitrogens with zero attached hydrogens (tertiary/aromatic N) is 3. The SMILES string of the molecule is CC(=O)N1CCO[C@H](CNC(=O)c2ccc(-c3cc(N)ncn3)cc2)C1. The molecule has 2 amide bonds. The third-order valence-electron chi connectivity index (χ3n) is 4.21. The van der Waals surface area contributed by atoms with Crippen LogP contribution in [0.2, 0.25) is 0 Å². The Bertz CT molecular complexity index is 794. The summed E-state index contributed by atoms with van der Waals surface area (Å²) in [5.74, 6) is 0.219. The predicted molar refractivity (Wildman–Crippen MR) is 96.2 cm³/mol. The molecule has 0 unspecified atom stereocenters. The number of rotatable bonds is 4. The molecule has 2 aromatic rings. The van der Waals surface area contributed by atoms with E-state index in [0.717, 1.165) is 5.56 Å². The van der Waals surface area contributed by atoms with Gasteiger partial charge in [-0.3, -0.25) is 9.59 Å². The third kappa shape index (κ3) is 4.34. The van der Waals surface area contributed by atoms with Gasteiger partial charge in [0.25, 0.3) is 5.91 Å². The highest BCUT2D eigenvalue weighted by molar-refractivity contribution is 5.94. The molecule has 8 nitrogen and oxygen atoms in total. The lowest BCUT2D eigenvalue weighted by Gasteiger charge is -2.32. The van der Waals surface area contributed by atoms with Crippen LogP contribution in [0.5, 0.6) is 0 Å². The van der Waals surface area contributed by atoms with Gasteiger partial charge in [0.2, 0.25) is 5.91 Å². The fraction of sp³-hybridized carbons (Fsp3) is 0.333. The fourth-order valence-corrected chi connectivity index (χ4v) is 2.76. The summed E-state index contributed by atoms with van der Waals surface area (Å²) in [6.07, 6.45) is 1.21. The molecule has 136 valence electrons. The van der Waals surface area contributed by atoms with Crippen molar-refractivity contribution >= 4 is 17.6 Å². The molecule has 1 saturated heterocycles. The van der Waals surface area contributed by atoms with Gasteiger partial charge in [-0.2, -0.15) is 0 Å². The van der Waals surface area contributed by atoms with Gasteiger partial charge >= 0.3 is 0 Å². The molecule has 2 heterocycles. The van der Waals surface area contributed by atoms with Gasteiger partial charge in [-0.05, 0) is 12.1 Å². The fourth-order valence-electron chi connectivity index (χ4n) is 2.76. The Kier molecular flexibility index (Phi) is 5.43. The molecule has 0 bridgehead atoms. The van der Waals surface area contributed by atoms with Crippen LogP contribution < -0.4 is 11.1 Å². The molecule has 1 fully saturated rings. The number of hydrogen-bond donors (Lipinski definition) is 2. The number of hydrogen-bond acceptors (Lipinski definition) is 6. The highest BCUT2D eigenvalue weighted by Gasteiger charge is 2.22. The van der Waals surface area contributed by atoms with Crippen LogP contribution in [0.4, 0.5) is 5.82 Å². The molecular weight excluding hydrogens is 334 g/mol. The van der Waals surface area contributed by atoms with E-state index in [1.165, 1.54) is 13.3 Å². The molecule has 1 aromatic carbocycles. The molecule has 1 aliphatic heterocycles. The maximum Gasteiger partial charge on any atom is 0.251 e. The van der Waals surface area contributed by atoms with E-state index in [9.17, 15) is 9.59 Å². The summed E-state index contributed by atoms with van der Waals surface area (Å²) in [5, 5.41) is 2.85. The van der Waals surface area contributed by atoms with Crippen molar-refractivity contribution in [2.75, 3.05) is 32.0 Å². The van der Waals surface area contributed by atoms with Crippen LogP contribution in [-0.4, -0.2) is 59.0 Å². The summed E-state index contributed by atoms with van der Waals surface area (Å²) in [7, 11) is 0. The molecule has 1 aromatic heterocycles. The molecule has 0 aliphatic carbocycles. The maximum absolute atomic E-state index is 12.3. The first-order chi connectivity index (χ1) is 12.5. The van der Waals surface area contributed by atoms with Crippen molar-refractivity contribution in [1.29, 1.82) is 0 Å². The largest absolute Gasteiger partial charge is 0.384 e. The maximum atomic E-state index is 12.3. The van der Waals surface area contributed by atoms with Crippen LogP contribution in [0.3, 0.4) is 0 Å². The lowest BCUT2D eigenvalue weighted by Crippen LogP contribution is -2.49. The predicted octanol–water partition coefficient (Wildman–Crippen LogP) is 0.703. The van der Waals surface area contributed by atoms with E-state index >= 15 is 0 Å². The Balaban J connectivity index is 1.57. The average Bonchev–Trinajstić information content (AvgIpc) is 2.66. The Morgan fingerprint density at radius 3 is 2.77 bits per heavy atom. The molecule has 0 spiro atoms. The van der Waals surface area contributed by atoms with E-state index in [0.29, 0.717) is 43.3 Å². The van der Waals surface area contributed by atoms with Crippen LogP contribution in [0, 0.1) is 0 Å². The Morgan fingerprint density at radius 1 is 1.31 bits per heavy atom. The Hall–Kier alpha value is -3.00. The molecule has 8 heteroatoms. The zero-order valence-electron chi connectivity index (χ0n) is 14.5. The number of carbonyl (C=O) groups excluding carboxylic acids is 2. The second-order valence-electron chi connectivity index (χ2n) is 6.07. The molecule has 1 aliphatic rings. The van der Waals surface area contributed by atoms with Crippen molar-refractivity contribution in [2.24, 2.45) is 0 Å². The van der Waals surface area contributed by atoms with Gasteiger partial charge in [-0.25, -0.2) is 9.97 Å². The lowest BCUT2D eigenvalue weighted by atomic mass is 10.1. The summed E-state index contributed by atoms with van der Waals surface area (Å²) in [6, 6.07) is 8.76. The van der Waals surface area contributed by atoms with E-state index in [1.54, 1.807) is 23.1 Å². The minimum atomic E-state index is -0.195. The number of amides is 2. The third-order valence-corrected chi connectivity index (χ3v) is 4.21. The minimum absolute atomic E-state index is 0.0190. The number of anilines is 1. The lowest BCUT2D eigenvalue weighted by molar-refractivity contribution is -0.136. The number of nitrogens with two attached hydrogens (primary N) is 1. The number of nitrogen functional groups attached to an aromatic ring is 1. The first kappa shape index (κ1) is 17.8. The Morgan fingerprint density at radius 2 is 2.08 bits per heavy atom. The van der Waals surface area contributed by atoms with Gasteiger partial charge in [0.05, 0.1) is 18.4 Å². The molecule has 26 heavy (non-hydrogen) atoms. The van der Waals surface area contributed by atoms with Gasteiger partial charge in [-0.1, -0.05) is 12.1 Å². The Labute approximate surface area is 151 Å². The van der Waals surface area contributed by atoms with Crippen LogP contribution in [0.1, 0.15) is 17.3 Å². The quantitative estimate of drug-likeness (QED) is 0.835. The molecule has 3 rings (SSSR count). The number of morpholine rings is 1. The topological polar surface area (TPSA) is 110 Å². The molecule has 3 N–H and O–H groups in total. The van der Waals surface area contributed by atoms with Crippen LogP contribution in [0.25, 0.3) is 11.3 Å². The number of carbonyl (C=O) groups is 2. The van der Waals surface area contributed by atoms with Gasteiger partial charge in [-0.15, -0.1) is 0 Å². The van der Waals surface area contributed by atoms with Crippen molar-refractivity contribution in [1.82, 2.24) is 20.2 Å². The summed E-state index contributed by atoms with van der Waals surface area (Å²) < 4.78 is 5.60. The summed E-state index contributed by atoms with van der Waals surface area (Å²) in [4.78, 5) is 33.5. The first-order valence-corrected chi connectivity index (χ1v) is 8.36. The minimum Gasteiger partial charge on any atom is -0.384 e. The second kappa shape index (κ2) is 7.92. The van der Waals surface area contributed by atoms with Crippen molar-refractivity contribution in [2.45, 2.75) is 13.0 Å². The second-order valence-corrected chi connectivity index (χ2v) is 6.07. The number of aromatic nitrogens is 2. The molecule has 0 saturated carbocycles. The van der Waals surface area contributed by atoms with Crippen LogP contribution >= 0.6 is 0 Å². The van der Waals surface area contributed by atoms with Gasteiger partial charge in [0, 0.05) is 43.8 Å². The number of ether oxygens (including phenoxy) is 1. The van der Waals surface area contributed by atoms with Crippen LogP contribution in [-0.2, 0) is 9.53 Å². The summed E-state index contributed by atoms with van der Waals surface area (Å²) in [6.45, 7) is 3.45. The van der Waals surface area contributed by atoms with E-state index < -0.39 is 0 Å². The van der Waals surface area contributed by atoms with Crippen molar-refractivity contribution in [3.8, 4) is 11.3 Å². The monoisotopic (exact) mass is 355 g/mol.